The van der Waals surface area contributed by atoms with Crippen LogP contribution in [0.4, 0.5) is 11.6 Å². The number of Topliss-reactive ketones (excluding diaryl/α,β-unsaturated/α-hetero) is 1. The van der Waals surface area contributed by atoms with Crippen LogP contribution in [0.2, 0.25) is 51.4 Å². The lowest BCUT2D eigenvalue weighted by molar-refractivity contribution is -0.145. The van der Waals surface area contributed by atoms with Crippen LogP contribution >= 0.6 is 0 Å². The first-order valence-corrected chi connectivity index (χ1v) is 40.3. The Labute approximate surface area is 552 Å². The summed E-state index contributed by atoms with van der Waals surface area (Å²) in [7, 11) is -2.65. The lowest BCUT2D eigenvalue weighted by Gasteiger charge is -2.32. The van der Waals surface area contributed by atoms with Crippen molar-refractivity contribution >= 4 is 62.6 Å². The van der Waals surface area contributed by atoms with Gasteiger partial charge in [0.2, 0.25) is 0 Å². The standard InChI is InChI=1S/C43H63N5O5Si2.C29H31N5O3.CH4/c1-10-52-32(3)40-41(35-19-17-33(18-20-35)27-39(49)53-11-2)46-42-37(36-21-22-38(44-28-36)34-15-13-12-14-16-34)29-45-48(42)43(40)47(30-50-23-25-54(4,5)6)31-51-24-26-55(7,8)9;1-3-37-25(36)15-19-9-11-21(12-10-19)27-26(18(2)35)28(30)34-29(33-27)23(17-32-34)22-13-14-24(31-16-22)20-7-5-4-6-8-20;/h12-16,21-22,28-29,33,35H,3,10-11,17-20,23-27,30-31H2,1-2,4-9H3;4-8,13-14,16-17,19,21H,3,9-12,15,30H2,1-2H3;1H4. The van der Waals surface area contributed by atoms with E-state index >= 15 is 0 Å². The van der Waals surface area contributed by atoms with Gasteiger partial charge >= 0.3 is 11.9 Å². The van der Waals surface area contributed by atoms with Crippen LogP contribution < -0.4 is 10.6 Å². The van der Waals surface area contributed by atoms with Gasteiger partial charge in [0.1, 0.15) is 30.9 Å². The van der Waals surface area contributed by atoms with Crippen molar-refractivity contribution in [2.24, 2.45) is 11.8 Å². The lowest BCUT2D eigenvalue weighted by atomic mass is 9.78. The molecule has 2 N–H and O–H groups in total. The Balaban J connectivity index is 0.000000254. The first-order chi connectivity index (χ1) is 44.2. The van der Waals surface area contributed by atoms with E-state index in [2.05, 4.69) is 85.1 Å². The molecule has 0 saturated heterocycles. The van der Waals surface area contributed by atoms with E-state index in [-0.39, 0.29) is 48.8 Å². The number of pyridine rings is 2. The van der Waals surface area contributed by atoms with Gasteiger partial charge in [0.25, 0.3) is 0 Å². The van der Waals surface area contributed by atoms with Gasteiger partial charge in [0, 0.05) is 99.8 Å². The lowest BCUT2D eigenvalue weighted by Crippen LogP contribution is -2.34. The Hall–Kier alpha value is -7.92. The Morgan fingerprint density at radius 2 is 0.978 bits per heavy atom. The Kier molecular flexibility index (Phi) is 25.0. The molecule has 0 bridgehead atoms. The summed E-state index contributed by atoms with van der Waals surface area (Å²) < 4.78 is 33.1. The number of nitrogen functional groups attached to an aromatic ring is 1. The summed E-state index contributed by atoms with van der Waals surface area (Å²) in [6.45, 7) is 29.1. The van der Waals surface area contributed by atoms with Crippen LogP contribution in [-0.2, 0) is 33.3 Å². The minimum Gasteiger partial charge on any atom is -0.494 e. The third kappa shape index (κ3) is 18.5. The highest BCUT2D eigenvalue weighted by atomic mass is 28.3. The zero-order chi connectivity index (χ0) is 65.5. The van der Waals surface area contributed by atoms with Crippen molar-refractivity contribution in [3.63, 3.8) is 0 Å². The number of benzene rings is 2. The van der Waals surface area contributed by atoms with Crippen LogP contribution in [0.1, 0.15) is 138 Å². The second-order valence-corrected chi connectivity index (χ2v) is 38.0. The van der Waals surface area contributed by atoms with Crippen LogP contribution in [0.25, 0.3) is 61.8 Å². The number of nitrogens with zero attached hydrogens (tertiary/aromatic N) is 9. The predicted octanol–water partition coefficient (Wildman–Crippen LogP) is 16.2. The van der Waals surface area contributed by atoms with Crippen molar-refractivity contribution in [1.82, 2.24) is 39.2 Å². The number of ketones is 1. The SMILES string of the molecule is C.C=C(OCC)c1c(C2CCC(CC(=O)OCC)CC2)nc2c(-c3ccc(-c4ccccc4)nc3)cnn2c1N(COCC[Si](C)(C)C)COCC[Si](C)(C)C.CCOC(=O)CC1CCC(c2nc3c(-c4ccc(-c5ccccc5)nc4)cnn3c(N)c2C(C)=O)CC1. The molecule has 2 aromatic carbocycles. The third-order valence-corrected chi connectivity index (χ3v) is 20.8. The van der Waals surface area contributed by atoms with Crippen LogP contribution in [0.3, 0.4) is 0 Å². The largest absolute Gasteiger partial charge is 0.494 e. The second-order valence-electron chi connectivity index (χ2n) is 26.7. The van der Waals surface area contributed by atoms with Gasteiger partial charge in [-0.2, -0.15) is 19.2 Å². The monoisotopic (exact) mass is 1300 g/mol. The molecule has 8 aromatic rings. The summed E-state index contributed by atoms with van der Waals surface area (Å²) in [5.41, 5.74) is 18.2. The van der Waals surface area contributed by atoms with Crippen molar-refractivity contribution < 1.29 is 38.1 Å². The predicted molar refractivity (Wildman–Crippen MR) is 377 cm³/mol. The number of fused-ring (bicyclic) bond motifs is 2. The van der Waals surface area contributed by atoms with E-state index in [0.29, 0.717) is 82.1 Å². The molecule has 0 amide bonds. The van der Waals surface area contributed by atoms with Gasteiger partial charge in [-0.05, 0) is 115 Å². The van der Waals surface area contributed by atoms with E-state index in [1.54, 1.807) is 10.7 Å². The van der Waals surface area contributed by atoms with E-state index in [0.717, 1.165) is 137 Å². The quantitative estimate of drug-likeness (QED) is 0.0127. The summed E-state index contributed by atoms with van der Waals surface area (Å²) >= 11 is 0. The van der Waals surface area contributed by atoms with Crippen molar-refractivity contribution in [2.75, 3.05) is 57.1 Å². The van der Waals surface area contributed by atoms with Gasteiger partial charge in [-0.3, -0.25) is 24.4 Å². The van der Waals surface area contributed by atoms with E-state index in [1.807, 2.05) is 105 Å². The summed E-state index contributed by atoms with van der Waals surface area (Å²) in [6, 6.07) is 30.4. The number of anilines is 2. The number of nitrogens with two attached hydrogens (primary N) is 1. The molecular formula is C73H98N10O8Si2. The van der Waals surface area contributed by atoms with Gasteiger partial charge in [0.15, 0.2) is 17.1 Å². The number of esters is 2. The number of ether oxygens (including phenoxy) is 5. The number of hydrogen-bond donors (Lipinski definition) is 1. The molecule has 93 heavy (non-hydrogen) atoms. The average molecular weight is 1300 g/mol. The van der Waals surface area contributed by atoms with Gasteiger partial charge in [-0.1, -0.05) is 126 Å². The minimum absolute atomic E-state index is 0. The molecule has 18 nitrogen and oxygen atoms in total. The highest BCUT2D eigenvalue weighted by Crippen LogP contribution is 2.44. The molecule has 6 aromatic heterocycles. The molecule has 0 unspecified atom stereocenters. The smallest absolute Gasteiger partial charge is 0.306 e. The molecule has 0 aliphatic heterocycles. The van der Waals surface area contributed by atoms with Crippen molar-refractivity contribution in [3.8, 4) is 44.8 Å². The van der Waals surface area contributed by atoms with Crippen molar-refractivity contribution in [3.05, 3.63) is 139 Å². The molecular weight excluding hydrogens is 1200 g/mol. The normalized spacial score (nSPS) is 16.6. The molecule has 2 aliphatic rings. The Morgan fingerprint density at radius 3 is 1.38 bits per heavy atom. The Morgan fingerprint density at radius 1 is 0.559 bits per heavy atom. The van der Waals surface area contributed by atoms with Gasteiger partial charge in [-0.25, -0.2) is 9.97 Å². The molecule has 2 aliphatic carbocycles. The summed E-state index contributed by atoms with van der Waals surface area (Å²) in [6.07, 6.45) is 15.2. The average Bonchev–Trinajstić information content (AvgIpc) is 1.72. The van der Waals surface area contributed by atoms with Crippen LogP contribution in [0.5, 0.6) is 0 Å². The maximum atomic E-state index is 12.7. The Bertz CT molecular complexity index is 3740. The number of rotatable bonds is 27. The van der Waals surface area contributed by atoms with Gasteiger partial charge in [0.05, 0.1) is 66.1 Å². The zero-order valence-electron chi connectivity index (χ0n) is 55.7. The summed E-state index contributed by atoms with van der Waals surface area (Å²) in [4.78, 5) is 59.1. The van der Waals surface area contributed by atoms with Crippen LogP contribution in [0, 0.1) is 11.8 Å². The molecule has 0 spiro atoms. The first kappa shape index (κ1) is 70.9. The first-order valence-electron chi connectivity index (χ1n) is 32.9. The van der Waals surface area contributed by atoms with Crippen molar-refractivity contribution in [2.45, 2.75) is 163 Å². The number of aromatic nitrogens is 8. The van der Waals surface area contributed by atoms with E-state index < -0.39 is 16.1 Å². The number of carbonyl (C=O) groups excluding carboxylic acids is 3. The van der Waals surface area contributed by atoms with E-state index in [4.69, 9.17) is 49.5 Å². The zero-order valence-corrected chi connectivity index (χ0v) is 57.7. The molecule has 10 rings (SSSR count). The molecule has 6 heterocycles. The number of hydrogen-bond acceptors (Lipinski definition) is 16. The molecule has 496 valence electrons. The maximum Gasteiger partial charge on any atom is 0.306 e. The summed E-state index contributed by atoms with van der Waals surface area (Å²) in [5, 5.41) is 9.49. The van der Waals surface area contributed by atoms with Crippen molar-refractivity contribution in [1.29, 1.82) is 0 Å². The van der Waals surface area contributed by atoms with Crippen LogP contribution in [0.15, 0.2) is 116 Å². The maximum absolute atomic E-state index is 12.7. The topological polar surface area (TPSA) is 213 Å². The third-order valence-electron chi connectivity index (χ3n) is 17.4. The number of carbonyl (C=O) groups is 3. The van der Waals surface area contributed by atoms with Gasteiger partial charge < -0.3 is 34.3 Å². The minimum atomic E-state index is -1.32. The molecule has 2 saturated carbocycles. The highest BCUT2D eigenvalue weighted by Gasteiger charge is 2.35. The molecule has 0 radical (unpaired) electrons. The molecule has 2 fully saturated rings. The highest BCUT2D eigenvalue weighted by molar-refractivity contribution is 6.76. The van der Waals surface area contributed by atoms with Crippen LogP contribution in [-0.4, -0.2) is 120 Å². The summed E-state index contributed by atoms with van der Waals surface area (Å²) in [5.74, 6) is 2.06. The van der Waals surface area contributed by atoms with E-state index in [1.165, 1.54) is 6.92 Å². The second kappa shape index (κ2) is 32.8. The fraction of sp³-hybridized carbons (Fsp3) is 0.466. The molecule has 20 heteroatoms. The fourth-order valence-electron chi connectivity index (χ4n) is 12.3. The van der Waals surface area contributed by atoms with Gasteiger partial charge in [-0.15, -0.1) is 0 Å². The van der Waals surface area contributed by atoms with E-state index in [9.17, 15) is 14.4 Å². The molecule has 0 atom stereocenters. The fourth-order valence-corrected chi connectivity index (χ4v) is 13.8.